The van der Waals surface area contributed by atoms with Gasteiger partial charge in [0, 0.05) is 13.0 Å². The van der Waals surface area contributed by atoms with E-state index in [2.05, 4.69) is 10.6 Å². The molecule has 4 N–H and O–H groups in total. The van der Waals surface area contributed by atoms with Gasteiger partial charge in [0.15, 0.2) is 0 Å². The third-order valence-corrected chi connectivity index (χ3v) is 4.31. The molecule has 1 heterocycles. The van der Waals surface area contributed by atoms with Crippen molar-refractivity contribution in [1.82, 2.24) is 10.6 Å². The number of nitrogens with two attached hydrogens (primary N) is 1. The van der Waals surface area contributed by atoms with Crippen LogP contribution in [0.5, 0.6) is 0 Å². The van der Waals surface area contributed by atoms with Crippen molar-refractivity contribution in [2.45, 2.75) is 24.3 Å². The van der Waals surface area contributed by atoms with Gasteiger partial charge in [-0.1, -0.05) is 12.1 Å². The molecule has 1 aromatic carbocycles. The van der Waals surface area contributed by atoms with Crippen molar-refractivity contribution in [2.75, 3.05) is 13.1 Å². The Hall–Kier alpha value is -1.44. The summed E-state index contributed by atoms with van der Waals surface area (Å²) in [6.07, 6.45) is 1.57. The summed E-state index contributed by atoms with van der Waals surface area (Å²) < 4.78 is 22.2. The quantitative estimate of drug-likeness (QED) is 0.709. The molecule has 1 saturated heterocycles. The van der Waals surface area contributed by atoms with Crippen molar-refractivity contribution >= 4 is 15.9 Å². The number of carbonyl (C=O) groups is 1. The number of sulfonamides is 1. The molecule has 0 spiro atoms. The van der Waals surface area contributed by atoms with Crippen molar-refractivity contribution in [3.8, 4) is 0 Å². The molecular weight excluding hydrogens is 278 g/mol. The van der Waals surface area contributed by atoms with Gasteiger partial charge in [0.1, 0.15) is 0 Å². The van der Waals surface area contributed by atoms with E-state index in [4.69, 9.17) is 5.14 Å². The third-order valence-electron chi connectivity index (χ3n) is 3.38. The Morgan fingerprint density at radius 1 is 1.35 bits per heavy atom. The van der Waals surface area contributed by atoms with Gasteiger partial charge in [-0.2, -0.15) is 0 Å². The Kier molecular flexibility index (Phi) is 4.74. The summed E-state index contributed by atoms with van der Waals surface area (Å²) >= 11 is 0. The maximum Gasteiger partial charge on any atom is 0.238 e. The van der Waals surface area contributed by atoms with Crippen molar-refractivity contribution in [2.24, 2.45) is 11.1 Å². The number of hydrogen-bond donors (Lipinski definition) is 3. The van der Waals surface area contributed by atoms with Crippen LogP contribution in [-0.4, -0.2) is 27.4 Å². The molecule has 0 saturated carbocycles. The third kappa shape index (κ3) is 4.29. The number of rotatable bonds is 5. The van der Waals surface area contributed by atoms with E-state index in [-0.39, 0.29) is 10.8 Å². The Morgan fingerprint density at radius 3 is 2.60 bits per heavy atom. The highest BCUT2D eigenvalue weighted by molar-refractivity contribution is 7.89. The smallest absolute Gasteiger partial charge is 0.238 e. The second kappa shape index (κ2) is 6.34. The summed E-state index contributed by atoms with van der Waals surface area (Å²) in [5.41, 5.74) is 0.843. The first kappa shape index (κ1) is 15.0. The Bertz CT molecular complexity index is 563. The molecule has 6 nitrogen and oxygen atoms in total. The molecule has 1 amide bonds. The topological polar surface area (TPSA) is 101 Å². The van der Waals surface area contributed by atoms with E-state index < -0.39 is 10.0 Å². The van der Waals surface area contributed by atoms with Gasteiger partial charge in [-0.15, -0.1) is 0 Å². The van der Waals surface area contributed by atoms with Gasteiger partial charge in [0.2, 0.25) is 15.9 Å². The van der Waals surface area contributed by atoms with E-state index in [1.807, 2.05) is 0 Å². The van der Waals surface area contributed by atoms with E-state index in [1.165, 1.54) is 12.1 Å². The lowest BCUT2D eigenvalue weighted by molar-refractivity contribution is -0.122. The molecule has 7 heteroatoms. The Labute approximate surface area is 118 Å². The van der Waals surface area contributed by atoms with Crippen molar-refractivity contribution in [3.63, 3.8) is 0 Å². The molecule has 2 rings (SSSR count). The molecule has 1 aromatic rings. The fourth-order valence-corrected chi connectivity index (χ4v) is 2.74. The molecule has 1 aliphatic rings. The maximum atomic E-state index is 11.7. The van der Waals surface area contributed by atoms with Gasteiger partial charge in [-0.25, -0.2) is 13.6 Å². The predicted molar refractivity (Wildman–Crippen MR) is 75.3 cm³/mol. The largest absolute Gasteiger partial charge is 0.352 e. The van der Waals surface area contributed by atoms with Crippen LogP contribution >= 0.6 is 0 Å². The van der Waals surface area contributed by atoms with Gasteiger partial charge < -0.3 is 10.6 Å². The molecule has 110 valence electrons. The zero-order chi connectivity index (χ0) is 14.6. The monoisotopic (exact) mass is 297 g/mol. The lowest BCUT2D eigenvalue weighted by atomic mass is 10.0. The predicted octanol–water partition coefficient (Wildman–Crippen LogP) is -0.0502. The van der Waals surface area contributed by atoms with Crippen molar-refractivity contribution in [1.29, 1.82) is 0 Å². The van der Waals surface area contributed by atoms with E-state index in [0.29, 0.717) is 18.9 Å². The number of nitrogens with one attached hydrogen (secondary N) is 2. The van der Waals surface area contributed by atoms with Gasteiger partial charge in [0.05, 0.1) is 4.90 Å². The number of amides is 1. The maximum absolute atomic E-state index is 11.7. The minimum Gasteiger partial charge on any atom is -0.352 e. The van der Waals surface area contributed by atoms with Crippen LogP contribution in [0.1, 0.15) is 18.4 Å². The molecule has 1 fully saturated rings. The molecule has 0 aromatic heterocycles. The average Bonchev–Trinajstić information content (AvgIpc) is 2.88. The second-order valence-electron chi connectivity index (χ2n) is 5.03. The Morgan fingerprint density at radius 2 is 2.05 bits per heavy atom. The van der Waals surface area contributed by atoms with Gasteiger partial charge >= 0.3 is 0 Å². The first-order valence-electron chi connectivity index (χ1n) is 6.54. The molecule has 1 atom stereocenters. The Balaban J connectivity index is 1.83. The second-order valence-corrected chi connectivity index (χ2v) is 6.59. The summed E-state index contributed by atoms with van der Waals surface area (Å²) in [6, 6.07) is 6.18. The zero-order valence-corrected chi connectivity index (χ0v) is 11.9. The number of carbonyl (C=O) groups excluding carboxylic acids is 1. The summed E-state index contributed by atoms with van der Waals surface area (Å²) in [6.45, 7) is 2.27. The van der Waals surface area contributed by atoms with Gasteiger partial charge in [-0.05, 0) is 43.1 Å². The first-order chi connectivity index (χ1) is 9.45. The minimum absolute atomic E-state index is 0.0224. The zero-order valence-electron chi connectivity index (χ0n) is 11.1. The summed E-state index contributed by atoms with van der Waals surface area (Å²) in [4.78, 5) is 11.8. The molecule has 0 aliphatic carbocycles. The van der Waals surface area contributed by atoms with E-state index in [0.717, 1.165) is 25.1 Å². The van der Waals surface area contributed by atoms with Crippen LogP contribution < -0.4 is 15.8 Å². The van der Waals surface area contributed by atoms with Crippen LogP contribution in [0.4, 0.5) is 0 Å². The SMILES string of the molecule is NS(=O)(=O)c1ccc(CNC(=O)CC2CCNC2)cc1. The van der Waals surface area contributed by atoms with Crippen LogP contribution in [0.2, 0.25) is 0 Å². The summed E-state index contributed by atoms with van der Waals surface area (Å²) in [5.74, 6) is 0.439. The van der Waals surface area contributed by atoms with E-state index in [9.17, 15) is 13.2 Å². The number of hydrogen-bond acceptors (Lipinski definition) is 4. The van der Waals surface area contributed by atoms with Crippen LogP contribution in [0, 0.1) is 5.92 Å². The van der Waals surface area contributed by atoms with Crippen molar-refractivity contribution < 1.29 is 13.2 Å². The van der Waals surface area contributed by atoms with Crippen LogP contribution in [0.3, 0.4) is 0 Å². The van der Waals surface area contributed by atoms with Crippen LogP contribution in [-0.2, 0) is 21.4 Å². The molecule has 1 aliphatic heterocycles. The minimum atomic E-state index is -3.66. The van der Waals surface area contributed by atoms with E-state index in [1.54, 1.807) is 12.1 Å². The highest BCUT2D eigenvalue weighted by Crippen LogP contribution is 2.12. The van der Waals surface area contributed by atoms with Crippen LogP contribution in [0.15, 0.2) is 29.2 Å². The van der Waals surface area contributed by atoms with E-state index >= 15 is 0 Å². The highest BCUT2D eigenvalue weighted by Gasteiger charge is 2.17. The first-order valence-corrected chi connectivity index (χ1v) is 8.09. The van der Waals surface area contributed by atoms with Crippen LogP contribution in [0.25, 0.3) is 0 Å². The standard InChI is InChI=1S/C13H19N3O3S/c14-20(18,19)12-3-1-10(2-4-12)9-16-13(17)7-11-5-6-15-8-11/h1-4,11,15H,5-9H2,(H,16,17)(H2,14,18,19). The fourth-order valence-electron chi connectivity index (χ4n) is 2.22. The molecule has 1 unspecified atom stereocenters. The molecule has 0 bridgehead atoms. The fraction of sp³-hybridized carbons (Fsp3) is 0.462. The average molecular weight is 297 g/mol. The number of benzene rings is 1. The van der Waals surface area contributed by atoms with Gasteiger partial charge in [0.25, 0.3) is 0 Å². The van der Waals surface area contributed by atoms with Crippen molar-refractivity contribution in [3.05, 3.63) is 29.8 Å². The molecular formula is C13H19N3O3S. The lowest BCUT2D eigenvalue weighted by Crippen LogP contribution is -2.25. The molecule has 0 radical (unpaired) electrons. The lowest BCUT2D eigenvalue weighted by Gasteiger charge is -2.09. The highest BCUT2D eigenvalue weighted by atomic mass is 32.2. The normalized spacial score (nSPS) is 18.9. The summed E-state index contributed by atoms with van der Waals surface area (Å²) in [7, 11) is -3.66. The van der Waals surface area contributed by atoms with Gasteiger partial charge in [-0.3, -0.25) is 4.79 Å². The number of primary sulfonamides is 1. The molecule has 20 heavy (non-hydrogen) atoms. The summed E-state index contributed by atoms with van der Waals surface area (Å²) in [5, 5.41) is 11.1.